The van der Waals surface area contributed by atoms with Crippen molar-refractivity contribution in [2.24, 2.45) is 5.92 Å². The van der Waals surface area contributed by atoms with Gasteiger partial charge in [0.1, 0.15) is 0 Å². The zero-order valence-electron chi connectivity index (χ0n) is 11.5. The molecule has 5 heteroatoms. The third-order valence-corrected chi connectivity index (χ3v) is 4.34. The Kier molecular flexibility index (Phi) is 4.23. The minimum atomic E-state index is -0.0960. The summed E-state index contributed by atoms with van der Waals surface area (Å²) < 4.78 is 10.9. The van der Waals surface area contributed by atoms with Crippen LogP contribution in [0.2, 0.25) is 0 Å². The summed E-state index contributed by atoms with van der Waals surface area (Å²) in [6, 6.07) is 0.757. The van der Waals surface area contributed by atoms with Gasteiger partial charge in [-0.15, -0.1) is 0 Å². The molecule has 3 aliphatic rings. The molecule has 0 aromatic carbocycles. The third kappa shape index (κ3) is 3.39. The Morgan fingerprint density at radius 2 is 1.89 bits per heavy atom. The number of amides is 1. The SMILES string of the molecule is O=C(OCC1CCNC1)N(C1CCOCC1)C1CC1. The maximum Gasteiger partial charge on any atom is 0.410 e. The van der Waals surface area contributed by atoms with Crippen molar-refractivity contribution in [3.63, 3.8) is 0 Å². The first-order chi connectivity index (χ1) is 9.34. The number of ether oxygens (including phenoxy) is 2. The summed E-state index contributed by atoms with van der Waals surface area (Å²) in [5.74, 6) is 0.500. The van der Waals surface area contributed by atoms with Crippen molar-refractivity contribution in [3.8, 4) is 0 Å². The van der Waals surface area contributed by atoms with Crippen LogP contribution in [0.5, 0.6) is 0 Å². The van der Waals surface area contributed by atoms with Crippen LogP contribution in [0, 0.1) is 5.92 Å². The van der Waals surface area contributed by atoms with Crippen LogP contribution < -0.4 is 5.32 Å². The summed E-state index contributed by atoms with van der Waals surface area (Å²) in [5.41, 5.74) is 0. The molecule has 1 unspecified atom stereocenters. The van der Waals surface area contributed by atoms with Gasteiger partial charge in [-0.3, -0.25) is 0 Å². The van der Waals surface area contributed by atoms with E-state index < -0.39 is 0 Å². The van der Waals surface area contributed by atoms with Crippen molar-refractivity contribution >= 4 is 6.09 Å². The molecule has 2 saturated heterocycles. The Morgan fingerprint density at radius 3 is 2.53 bits per heavy atom. The molecule has 1 N–H and O–H groups in total. The van der Waals surface area contributed by atoms with E-state index in [1.54, 1.807) is 0 Å². The van der Waals surface area contributed by atoms with Gasteiger partial charge in [-0.1, -0.05) is 0 Å². The first-order valence-corrected chi connectivity index (χ1v) is 7.58. The average Bonchev–Trinajstić information content (AvgIpc) is 3.13. The Morgan fingerprint density at radius 1 is 1.16 bits per heavy atom. The molecule has 2 heterocycles. The third-order valence-electron chi connectivity index (χ3n) is 4.34. The lowest BCUT2D eigenvalue weighted by Gasteiger charge is -2.33. The predicted octanol–water partition coefficient (Wildman–Crippen LogP) is 1.38. The lowest BCUT2D eigenvalue weighted by atomic mass is 10.1. The normalized spacial score (nSPS) is 28.3. The molecule has 0 spiro atoms. The van der Waals surface area contributed by atoms with Crippen molar-refractivity contribution in [2.45, 2.75) is 44.2 Å². The number of hydrogen-bond acceptors (Lipinski definition) is 4. The number of hydrogen-bond donors (Lipinski definition) is 1. The second kappa shape index (κ2) is 6.09. The van der Waals surface area contributed by atoms with E-state index in [2.05, 4.69) is 5.32 Å². The van der Waals surface area contributed by atoms with E-state index in [0.29, 0.717) is 24.6 Å². The van der Waals surface area contributed by atoms with Gasteiger partial charge in [0.05, 0.1) is 6.61 Å². The molecule has 0 aromatic heterocycles. The minimum absolute atomic E-state index is 0.0960. The largest absolute Gasteiger partial charge is 0.449 e. The Balaban J connectivity index is 1.51. The lowest BCUT2D eigenvalue weighted by molar-refractivity contribution is 0.0202. The van der Waals surface area contributed by atoms with E-state index in [4.69, 9.17) is 9.47 Å². The number of carbonyl (C=O) groups excluding carboxylic acids is 1. The molecule has 1 amide bonds. The van der Waals surface area contributed by atoms with Gasteiger partial charge >= 0.3 is 6.09 Å². The maximum atomic E-state index is 12.3. The van der Waals surface area contributed by atoms with Gasteiger partial charge in [0.25, 0.3) is 0 Å². The number of carbonyl (C=O) groups is 1. The van der Waals surface area contributed by atoms with Gasteiger partial charge in [-0.25, -0.2) is 4.79 Å². The smallest absolute Gasteiger partial charge is 0.410 e. The number of rotatable bonds is 4. The number of nitrogens with one attached hydrogen (secondary N) is 1. The van der Waals surface area contributed by atoms with Crippen molar-refractivity contribution in [3.05, 3.63) is 0 Å². The zero-order chi connectivity index (χ0) is 13.1. The molecule has 2 aliphatic heterocycles. The first kappa shape index (κ1) is 13.2. The molecule has 1 saturated carbocycles. The monoisotopic (exact) mass is 268 g/mol. The molecule has 19 heavy (non-hydrogen) atoms. The predicted molar refractivity (Wildman–Crippen MR) is 71.0 cm³/mol. The highest BCUT2D eigenvalue weighted by atomic mass is 16.6. The van der Waals surface area contributed by atoms with Crippen LogP contribution in [-0.2, 0) is 9.47 Å². The highest BCUT2D eigenvalue weighted by Crippen LogP contribution is 2.32. The van der Waals surface area contributed by atoms with E-state index in [9.17, 15) is 4.79 Å². The van der Waals surface area contributed by atoms with Crippen LogP contribution in [0.1, 0.15) is 32.1 Å². The van der Waals surface area contributed by atoms with Crippen molar-refractivity contribution in [1.82, 2.24) is 10.2 Å². The number of nitrogens with zero attached hydrogens (tertiary/aromatic N) is 1. The second-order valence-electron chi connectivity index (χ2n) is 5.92. The Bertz CT molecular complexity index is 308. The molecule has 0 bridgehead atoms. The topological polar surface area (TPSA) is 50.8 Å². The molecular formula is C14H24N2O3. The molecule has 5 nitrogen and oxygen atoms in total. The van der Waals surface area contributed by atoms with E-state index in [1.807, 2.05) is 4.90 Å². The first-order valence-electron chi connectivity index (χ1n) is 7.58. The van der Waals surface area contributed by atoms with E-state index in [-0.39, 0.29) is 6.09 Å². The average molecular weight is 268 g/mol. The van der Waals surface area contributed by atoms with E-state index >= 15 is 0 Å². The fraction of sp³-hybridized carbons (Fsp3) is 0.929. The van der Waals surface area contributed by atoms with E-state index in [0.717, 1.165) is 58.4 Å². The summed E-state index contributed by atoms with van der Waals surface area (Å²) in [4.78, 5) is 14.3. The van der Waals surface area contributed by atoms with Gasteiger partial charge in [0, 0.05) is 37.8 Å². The standard InChI is InChI=1S/C14H24N2O3/c17-14(19-10-11-3-6-15-9-11)16(12-1-2-12)13-4-7-18-8-5-13/h11-13,15H,1-10H2. The van der Waals surface area contributed by atoms with Crippen molar-refractivity contribution in [2.75, 3.05) is 32.9 Å². The fourth-order valence-electron chi connectivity index (χ4n) is 3.03. The molecule has 1 atom stereocenters. The lowest BCUT2D eigenvalue weighted by Crippen LogP contribution is -2.45. The van der Waals surface area contributed by atoms with Gasteiger partial charge in [-0.05, 0) is 38.6 Å². The molecule has 0 aromatic rings. The molecular weight excluding hydrogens is 244 g/mol. The Hall–Kier alpha value is -0.810. The van der Waals surface area contributed by atoms with Gasteiger partial charge in [0.15, 0.2) is 0 Å². The maximum absolute atomic E-state index is 12.3. The van der Waals surface area contributed by atoms with Crippen LogP contribution in [0.3, 0.4) is 0 Å². The quantitative estimate of drug-likeness (QED) is 0.837. The molecule has 1 aliphatic carbocycles. The van der Waals surface area contributed by atoms with Crippen molar-refractivity contribution in [1.29, 1.82) is 0 Å². The highest BCUT2D eigenvalue weighted by molar-refractivity contribution is 5.69. The van der Waals surface area contributed by atoms with Crippen LogP contribution in [0.4, 0.5) is 4.79 Å². The van der Waals surface area contributed by atoms with Crippen LogP contribution in [0.15, 0.2) is 0 Å². The van der Waals surface area contributed by atoms with Gasteiger partial charge < -0.3 is 19.7 Å². The van der Waals surface area contributed by atoms with Crippen LogP contribution in [-0.4, -0.2) is 56.0 Å². The van der Waals surface area contributed by atoms with Crippen molar-refractivity contribution < 1.29 is 14.3 Å². The molecule has 108 valence electrons. The second-order valence-corrected chi connectivity index (χ2v) is 5.92. The van der Waals surface area contributed by atoms with E-state index in [1.165, 1.54) is 0 Å². The summed E-state index contributed by atoms with van der Waals surface area (Å²) in [6.07, 6.45) is 5.21. The minimum Gasteiger partial charge on any atom is -0.449 e. The summed E-state index contributed by atoms with van der Waals surface area (Å²) in [6.45, 7) is 4.14. The van der Waals surface area contributed by atoms with Gasteiger partial charge in [0.2, 0.25) is 0 Å². The summed E-state index contributed by atoms with van der Waals surface area (Å²) in [7, 11) is 0. The summed E-state index contributed by atoms with van der Waals surface area (Å²) >= 11 is 0. The zero-order valence-corrected chi connectivity index (χ0v) is 11.5. The van der Waals surface area contributed by atoms with Crippen LogP contribution in [0.25, 0.3) is 0 Å². The summed E-state index contributed by atoms with van der Waals surface area (Å²) in [5, 5.41) is 3.30. The Labute approximate surface area is 114 Å². The van der Waals surface area contributed by atoms with Gasteiger partial charge in [-0.2, -0.15) is 0 Å². The molecule has 3 fully saturated rings. The molecule has 3 rings (SSSR count). The fourth-order valence-corrected chi connectivity index (χ4v) is 3.03. The molecule has 0 radical (unpaired) electrons. The highest BCUT2D eigenvalue weighted by Gasteiger charge is 2.39. The van der Waals surface area contributed by atoms with Crippen LogP contribution >= 0.6 is 0 Å².